The van der Waals surface area contributed by atoms with Gasteiger partial charge in [0.2, 0.25) is 0 Å². The van der Waals surface area contributed by atoms with Gasteiger partial charge in [0.1, 0.15) is 11.6 Å². The van der Waals surface area contributed by atoms with Gasteiger partial charge in [-0.3, -0.25) is 4.79 Å². The SMILES string of the molecule is CC(NC(=O)COc1ccc(F)c(Cl)c1)C1CCCO1. The predicted molar refractivity (Wildman–Crippen MR) is 73.5 cm³/mol. The average Bonchev–Trinajstić information content (AvgIpc) is 2.94. The summed E-state index contributed by atoms with van der Waals surface area (Å²) < 4.78 is 23.7. The minimum absolute atomic E-state index is 0.0318. The van der Waals surface area contributed by atoms with E-state index in [2.05, 4.69) is 5.32 Å². The highest BCUT2D eigenvalue weighted by atomic mass is 35.5. The topological polar surface area (TPSA) is 47.6 Å². The molecular weight excluding hydrogens is 285 g/mol. The van der Waals surface area contributed by atoms with Crippen molar-refractivity contribution in [1.29, 1.82) is 0 Å². The van der Waals surface area contributed by atoms with E-state index in [0.29, 0.717) is 5.75 Å². The summed E-state index contributed by atoms with van der Waals surface area (Å²) in [6.07, 6.45) is 2.05. The number of carbonyl (C=O) groups excluding carboxylic acids is 1. The summed E-state index contributed by atoms with van der Waals surface area (Å²) in [5.74, 6) is -0.403. The zero-order valence-electron chi connectivity index (χ0n) is 11.2. The molecule has 2 unspecified atom stereocenters. The Morgan fingerprint density at radius 1 is 1.65 bits per heavy atom. The second-order valence-electron chi connectivity index (χ2n) is 4.77. The summed E-state index contributed by atoms with van der Waals surface area (Å²) in [5.41, 5.74) is 0. The summed E-state index contributed by atoms with van der Waals surface area (Å²) in [5, 5.41) is 2.79. The number of hydrogen-bond acceptors (Lipinski definition) is 3. The fourth-order valence-electron chi connectivity index (χ4n) is 2.10. The van der Waals surface area contributed by atoms with E-state index in [1.807, 2.05) is 6.92 Å². The molecule has 0 saturated carbocycles. The van der Waals surface area contributed by atoms with Crippen LogP contribution < -0.4 is 10.1 Å². The normalized spacial score (nSPS) is 19.6. The van der Waals surface area contributed by atoms with Crippen molar-refractivity contribution in [2.45, 2.75) is 31.9 Å². The van der Waals surface area contributed by atoms with Crippen molar-refractivity contribution in [2.75, 3.05) is 13.2 Å². The van der Waals surface area contributed by atoms with Crippen molar-refractivity contribution in [3.63, 3.8) is 0 Å². The molecule has 1 saturated heterocycles. The number of carbonyl (C=O) groups is 1. The number of amides is 1. The van der Waals surface area contributed by atoms with Crippen LogP contribution in [0.5, 0.6) is 5.75 Å². The molecule has 6 heteroatoms. The molecule has 0 aromatic heterocycles. The second-order valence-corrected chi connectivity index (χ2v) is 5.18. The Labute approximate surface area is 122 Å². The summed E-state index contributed by atoms with van der Waals surface area (Å²) in [7, 11) is 0. The van der Waals surface area contributed by atoms with Crippen molar-refractivity contribution in [3.05, 3.63) is 29.0 Å². The van der Waals surface area contributed by atoms with Crippen LogP contribution in [0, 0.1) is 5.82 Å². The van der Waals surface area contributed by atoms with Gasteiger partial charge in [0, 0.05) is 12.7 Å². The van der Waals surface area contributed by atoms with Crippen LogP contribution in [0.4, 0.5) is 4.39 Å². The van der Waals surface area contributed by atoms with Gasteiger partial charge in [0.15, 0.2) is 6.61 Å². The highest BCUT2D eigenvalue weighted by Crippen LogP contribution is 2.21. The lowest BCUT2D eigenvalue weighted by Gasteiger charge is -2.20. The van der Waals surface area contributed by atoms with Crippen molar-refractivity contribution < 1.29 is 18.7 Å². The van der Waals surface area contributed by atoms with E-state index < -0.39 is 5.82 Å². The minimum atomic E-state index is -0.518. The maximum Gasteiger partial charge on any atom is 0.258 e. The molecule has 1 aliphatic rings. The highest BCUT2D eigenvalue weighted by molar-refractivity contribution is 6.30. The summed E-state index contributed by atoms with van der Waals surface area (Å²) >= 11 is 5.63. The quantitative estimate of drug-likeness (QED) is 0.909. The molecular formula is C14H17ClFNO3. The van der Waals surface area contributed by atoms with E-state index in [9.17, 15) is 9.18 Å². The maximum atomic E-state index is 13.0. The van der Waals surface area contributed by atoms with Gasteiger partial charge in [0.25, 0.3) is 5.91 Å². The Hall–Kier alpha value is -1.33. The Kier molecular flexibility index (Phi) is 5.20. The largest absolute Gasteiger partial charge is 0.484 e. The molecule has 4 nitrogen and oxygen atoms in total. The molecule has 20 heavy (non-hydrogen) atoms. The molecule has 1 fully saturated rings. The Morgan fingerprint density at radius 2 is 2.45 bits per heavy atom. The van der Waals surface area contributed by atoms with Crippen LogP contribution in [0.2, 0.25) is 5.02 Å². The minimum Gasteiger partial charge on any atom is -0.484 e. The molecule has 110 valence electrons. The number of hydrogen-bond donors (Lipinski definition) is 1. The molecule has 0 radical (unpaired) electrons. The van der Waals surface area contributed by atoms with Crippen LogP contribution in [-0.2, 0) is 9.53 Å². The van der Waals surface area contributed by atoms with Gasteiger partial charge in [-0.05, 0) is 31.9 Å². The first-order valence-corrected chi connectivity index (χ1v) is 6.93. The fraction of sp³-hybridized carbons (Fsp3) is 0.500. The van der Waals surface area contributed by atoms with E-state index in [-0.39, 0.29) is 29.7 Å². The first kappa shape index (κ1) is 15.1. The summed E-state index contributed by atoms with van der Waals surface area (Å²) in [4.78, 5) is 11.7. The second kappa shape index (κ2) is 6.90. The number of rotatable bonds is 5. The van der Waals surface area contributed by atoms with Crippen LogP contribution in [0.25, 0.3) is 0 Å². The molecule has 0 bridgehead atoms. The molecule has 0 aliphatic carbocycles. The lowest BCUT2D eigenvalue weighted by Crippen LogP contribution is -2.42. The van der Waals surface area contributed by atoms with E-state index >= 15 is 0 Å². The van der Waals surface area contributed by atoms with Crippen LogP contribution in [0.1, 0.15) is 19.8 Å². The van der Waals surface area contributed by atoms with Crippen molar-refractivity contribution in [3.8, 4) is 5.75 Å². The lowest BCUT2D eigenvalue weighted by molar-refractivity contribution is -0.124. The van der Waals surface area contributed by atoms with Gasteiger partial charge in [-0.25, -0.2) is 4.39 Å². The van der Waals surface area contributed by atoms with Crippen LogP contribution in [0.3, 0.4) is 0 Å². The first-order chi connectivity index (χ1) is 9.56. The van der Waals surface area contributed by atoms with Crippen molar-refractivity contribution in [1.82, 2.24) is 5.32 Å². The average molecular weight is 302 g/mol. The highest BCUT2D eigenvalue weighted by Gasteiger charge is 2.23. The van der Waals surface area contributed by atoms with E-state index in [4.69, 9.17) is 21.1 Å². The van der Waals surface area contributed by atoms with E-state index in [1.54, 1.807) is 0 Å². The monoisotopic (exact) mass is 301 g/mol. The summed E-state index contributed by atoms with van der Waals surface area (Å²) in [6.45, 7) is 2.51. The molecule has 1 heterocycles. The van der Waals surface area contributed by atoms with E-state index in [0.717, 1.165) is 19.4 Å². The zero-order valence-corrected chi connectivity index (χ0v) is 12.0. The molecule has 1 amide bonds. The number of ether oxygens (including phenoxy) is 2. The summed E-state index contributed by atoms with van der Waals surface area (Å²) in [6, 6.07) is 3.92. The van der Waals surface area contributed by atoms with Gasteiger partial charge in [-0.2, -0.15) is 0 Å². The molecule has 2 atom stereocenters. The van der Waals surface area contributed by atoms with Crippen LogP contribution in [0.15, 0.2) is 18.2 Å². The molecule has 1 aliphatic heterocycles. The van der Waals surface area contributed by atoms with Crippen molar-refractivity contribution in [2.24, 2.45) is 0 Å². The number of benzene rings is 1. The molecule has 2 rings (SSSR count). The fourth-order valence-corrected chi connectivity index (χ4v) is 2.27. The Balaban J connectivity index is 1.78. The third-order valence-corrected chi connectivity index (χ3v) is 3.46. The van der Waals surface area contributed by atoms with Gasteiger partial charge >= 0.3 is 0 Å². The van der Waals surface area contributed by atoms with Gasteiger partial charge in [0.05, 0.1) is 17.2 Å². The Bertz CT molecular complexity index is 477. The maximum absolute atomic E-state index is 13.0. The van der Waals surface area contributed by atoms with Crippen LogP contribution >= 0.6 is 11.6 Å². The lowest BCUT2D eigenvalue weighted by atomic mass is 10.1. The first-order valence-electron chi connectivity index (χ1n) is 6.55. The van der Waals surface area contributed by atoms with Crippen LogP contribution in [-0.4, -0.2) is 31.3 Å². The van der Waals surface area contributed by atoms with Gasteiger partial charge < -0.3 is 14.8 Å². The Morgan fingerprint density at radius 3 is 3.10 bits per heavy atom. The van der Waals surface area contributed by atoms with Crippen molar-refractivity contribution >= 4 is 17.5 Å². The smallest absolute Gasteiger partial charge is 0.258 e. The molecule has 1 N–H and O–H groups in total. The standard InChI is InChI=1S/C14H17ClFNO3/c1-9(13-3-2-6-19-13)17-14(18)8-20-10-4-5-12(16)11(15)7-10/h4-5,7,9,13H,2-3,6,8H2,1H3,(H,17,18). The van der Waals surface area contributed by atoms with E-state index in [1.165, 1.54) is 18.2 Å². The third kappa shape index (κ3) is 4.08. The third-order valence-electron chi connectivity index (χ3n) is 3.17. The number of halogens is 2. The molecule has 1 aromatic rings. The number of nitrogens with one attached hydrogen (secondary N) is 1. The molecule has 0 spiro atoms. The van der Waals surface area contributed by atoms with Gasteiger partial charge in [-0.15, -0.1) is 0 Å². The molecule has 1 aromatic carbocycles. The zero-order chi connectivity index (χ0) is 14.5. The predicted octanol–water partition coefficient (Wildman–Crippen LogP) is 2.54. The van der Waals surface area contributed by atoms with Gasteiger partial charge in [-0.1, -0.05) is 11.6 Å².